The maximum atomic E-state index is 12.8. The van der Waals surface area contributed by atoms with Gasteiger partial charge in [0.05, 0.1) is 12.2 Å². The molecule has 3 rings (SSSR count). The molecule has 2 N–H and O–H groups in total. The van der Waals surface area contributed by atoms with E-state index < -0.39 is 17.8 Å². The van der Waals surface area contributed by atoms with Crippen molar-refractivity contribution in [2.75, 3.05) is 11.9 Å². The van der Waals surface area contributed by atoms with Gasteiger partial charge in [-0.05, 0) is 36.4 Å². The highest BCUT2D eigenvalue weighted by Gasteiger charge is 2.27. The first-order chi connectivity index (χ1) is 10.6. The van der Waals surface area contributed by atoms with Crippen molar-refractivity contribution in [3.8, 4) is 5.75 Å². The fraction of sp³-hybridized carbons (Fsp3) is 0.125. The van der Waals surface area contributed by atoms with Gasteiger partial charge in [-0.25, -0.2) is 4.39 Å². The molecule has 1 unspecified atom stereocenters. The van der Waals surface area contributed by atoms with Crippen molar-refractivity contribution in [2.45, 2.75) is 6.10 Å². The molecule has 0 saturated heterocycles. The van der Waals surface area contributed by atoms with Gasteiger partial charge in [-0.2, -0.15) is 0 Å². The predicted octanol–water partition coefficient (Wildman–Crippen LogP) is 1.96. The van der Waals surface area contributed by atoms with Crippen molar-refractivity contribution in [3.63, 3.8) is 0 Å². The van der Waals surface area contributed by atoms with Gasteiger partial charge in [0.25, 0.3) is 11.8 Å². The fourth-order valence-corrected chi connectivity index (χ4v) is 2.12. The summed E-state index contributed by atoms with van der Waals surface area (Å²) in [6.07, 6.45) is -0.806. The molecule has 0 bridgehead atoms. The first-order valence-corrected chi connectivity index (χ1v) is 6.74. The minimum atomic E-state index is -0.806. The van der Waals surface area contributed by atoms with Crippen LogP contribution in [-0.2, 0) is 4.79 Å². The van der Waals surface area contributed by atoms with E-state index in [1.807, 2.05) is 0 Å². The topological polar surface area (TPSA) is 67.4 Å². The first-order valence-electron chi connectivity index (χ1n) is 6.74. The van der Waals surface area contributed by atoms with Crippen molar-refractivity contribution >= 4 is 17.5 Å². The molecule has 0 radical (unpaired) electrons. The zero-order chi connectivity index (χ0) is 15.5. The van der Waals surface area contributed by atoms with Crippen molar-refractivity contribution in [2.24, 2.45) is 0 Å². The molecule has 0 aromatic heterocycles. The molecule has 1 aliphatic heterocycles. The lowest BCUT2D eigenvalue weighted by Gasteiger charge is -2.25. The summed E-state index contributed by atoms with van der Waals surface area (Å²) in [5.74, 6) is -0.570. The zero-order valence-corrected chi connectivity index (χ0v) is 11.5. The fourth-order valence-electron chi connectivity index (χ4n) is 2.12. The molecule has 0 aliphatic carbocycles. The molecule has 2 aromatic carbocycles. The number of amides is 2. The molecule has 5 nitrogen and oxygen atoms in total. The summed E-state index contributed by atoms with van der Waals surface area (Å²) in [5, 5.41) is 5.32. The van der Waals surface area contributed by atoms with Crippen molar-refractivity contribution in [1.29, 1.82) is 0 Å². The zero-order valence-electron chi connectivity index (χ0n) is 11.5. The molecule has 112 valence electrons. The van der Waals surface area contributed by atoms with Crippen LogP contribution in [0.15, 0.2) is 48.5 Å². The maximum Gasteiger partial charge on any atom is 0.267 e. The third-order valence-electron chi connectivity index (χ3n) is 3.26. The summed E-state index contributed by atoms with van der Waals surface area (Å²) in [4.78, 5) is 23.8. The Hall–Kier alpha value is -2.89. The van der Waals surface area contributed by atoms with E-state index in [0.29, 0.717) is 17.0 Å². The second-order valence-electron chi connectivity index (χ2n) is 4.81. The molecule has 1 atom stereocenters. The van der Waals surface area contributed by atoms with Crippen LogP contribution >= 0.6 is 0 Å². The molecule has 2 aromatic rings. The van der Waals surface area contributed by atoms with Gasteiger partial charge in [-0.3, -0.25) is 9.59 Å². The van der Waals surface area contributed by atoms with Gasteiger partial charge in [0, 0.05) is 5.56 Å². The number of ether oxygens (including phenoxy) is 1. The lowest BCUT2D eigenvalue weighted by molar-refractivity contribution is -0.123. The third kappa shape index (κ3) is 2.90. The van der Waals surface area contributed by atoms with Crippen LogP contribution < -0.4 is 15.4 Å². The SMILES string of the molecule is O=C(NCC1Oc2ccccc2NC1=O)c1ccc(F)cc1. The van der Waals surface area contributed by atoms with Gasteiger partial charge in [-0.15, -0.1) is 0 Å². The van der Waals surface area contributed by atoms with E-state index in [4.69, 9.17) is 4.74 Å². The molecule has 0 saturated carbocycles. The highest BCUT2D eigenvalue weighted by Crippen LogP contribution is 2.28. The lowest BCUT2D eigenvalue weighted by atomic mass is 10.2. The van der Waals surface area contributed by atoms with Gasteiger partial charge >= 0.3 is 0 Å². The van der Waals surface area contributed by atoms with Crippen LogP contribution in [-0.4, -0.2) is 24.5 Å². The maximum absolute atomic E-state index is 12.8. The van der Waals surface area contributed by atoms with E-state index >= 15 is 0 Å². The highest BCUT2D eigenvalue weighted by atomic mass is 19.1. The van der Waals surface area contributed by atoms with Crippen LogP contribution in [0.5, 0.6) is 5.75 Å². The standard InChI is InChI=1S/C16H13FN2O3/c17-11-7-5-10(6-8-11)15(20)18-9-14-16(21)19-12-3-1-2-4-13(12)22-14/h1-8,14H,9H2,(H,18,20)(H,19,21). The molecule has 6 heteroatoms. The Morgan fingerprint density at radius 2 is 1.91 bits per heavy atom. The Labute approximate surface area is 126 Å². The highest BCUT2D eigenvalue weighted by molar-refractivity contribution is 5.99. The monoisotopic (exact) mass is 300 g/mol. The van der Waals surface area contributed by atoms with Gasteiger partial charge < -0.3 is 15.4 Å². The normalized spacial score (nSPS) is 16.2. The van der Waals surface area contributed by atoms with Crippen molar-refractivity contribution in [1.82, 2.24) is 5.32 Å². The molecule has 22 heavy (non-hydrogen) atoms. The van der Waals surface area contributed by atoms with Crippen molar-refractivity contribution in [3.05, 3.63) is 59.9 Å². The largest absolute Gasteiger partial charge is 0.477 e. The minimum Gasteiger partial charge on any atom is -0.477 e. The summed E-state index contributed by atoms with van der Waals surface area (Å²) >= 11 is 0. The van der Waals surface area contributed by atoms with Crippen LogP contribution in [0.3, 0.4) is 0 Å². The number of nitrogens with one attached hydrogen (secondary N) is 2. The number of hydrogen-bond donors (Lipinski definition) is 2. The first kappa shape index (κ1) is 14.1. The molecule has 0 fully saturated rings. The second kappa shape index (κ2) is 5.85. The van der Waals surface area contributed by atoms with Crippen LogP contribution in [0.25, 0.3) is 0 Å². The summed E-state index contributed by atoms with van der Waals surface area (Å²) in [6.45, 7) is 0.0242. The predicted molar refractivity (Wildman–Crippen MR) is 78.2 cm³/mol. The molecule has 2 amide bonds. The van der Waals surface area contributed by atoms with E-state index in [0.717, 1.165) is 0 Å². The average molecular weight is 300 g/mol. The Bertz CT molecular complexity index is 716. The number of carbonyl (C=O) groups is 2. The van der Waals surface area contributed by atoms with Crippen molar-refractivity contribution < 1.29 is 18.7 Å². The molecular weight excluding hydrogens is 287 g/mol. The van der Waals surface area contributed by atoms with E-state index in [1.54, 1.807) is 24.3 Å². The number of carbonyl (C=O) groups excluding carboxylic acids is 2. The Morgan fingerprint density at radius 1 is 1.18 bits per heavy atom. The second-order valence-corrected chi connectivity index (χ2v) is 4.81. The Kier molecular flexibility index (Phi) is 3.74. The number of hydrogen-bond acceptors (Lipinski definition) is 3. The van der Waals surface area contributed by atoms with Gasteiger partial charge in [0.1, 0.15) is 11.6 Å². The number of para-hydroxylation sites is 2. The van der Waals surface area contributed by atoms with Gasteiger partial charge in [0.2, 0.25) is 0 Å². The molecule has 0 spiro atoms. The van der Waals surface area contributed by atoms with E-state index in [9.17, 15) is 14.0 Å². The van der Waals surface area contributed by atoms with Crippen LogP contribution in [0.2, 0.25) is 0 Å². The van der Waals surface area contributed by atoms with Crippen LogP contribution in [0.4, 0.5) is 10.1 Å². The van der Waals surface area contributed by atoms with E-state index in [1.165, 1.54) is 24.3 Å². The number of rotatable bonds is 3. The average Bonchev–Trinajstić information content (AvgIpc) is 2.53. The van der Waals surface area contributed by atoms with Gasteiger partial charge in [0.15, 0.2) is 6.10 Å². The number of benzene rings is 2. The number of anilines is 1. The molecule has 1 heterocycles. The van der Waals surface area contributed by atoms with Crippen LogP contribution in [0, 0.1) is 5.82 Å². The van der Waals surface area contributed by atoms with E-state index in [-0.39, 0.29) is 12.5 Å². The summed E-state index contributed by atoms with van der Waals surface area (Å²) < 4.78 is 18.4. The minimum absolute atomic E-state index is 0.0242. The quantitative estimate of drug-likeness (QED) is 0.910. The van der Waals surface area contributed by atoms with Gasteiger partial charge in [-0.1, -0.05) is 12.1 Å². The lowest BCUT2D eigenvalue weighted by Crippen LogP contribution is -2.45. The third-order valence-corrected chi connectivity index (χ3v) is 3.26. The molecule has 1 aliphatic rings. The van der Waals surface area contributed by atoms with E-state index in [2.05, 4.69) is 10.6 Å². The summed E-state index contributed by atoms with van der Waals surface area (Å²) in [6, 6.07) is 12.2. The van der Waals surface area contributed by atoms with Crippen LogP contribution in [0.1, 0.15) is 10.4 Å². The number of fused-ring (bicyclic) bond motifs is 1. The smallest absolute Gasteiger partial charge is 0.267 e. The Morgan fingerprint density at radius 3 is 2.68 bits per heavy atom. The molecular formula is C16H13FN2O3. The summed E-state index contributed by atoms with van der Waals surface area (Å²) in [5.41, 5.74) is 0.923. The Balaban J connectivity index is 1.63. The summed E-state index contributed by atoms with van der Waals surface area (Å²) in [7, 11) is 0. The number of halogens is 1.